The third-order valence-corrected chi connectivity index (χ3v) is 2.08. The van der Waals surface area contributed by atoms with Gasteiger partial charge in [0.15, 0.2) is 0 Å². The fourth-order valence-corrected chi connectivity index (χ4v) is 1.34. The standard InChI is InChI=1S/C8H12N2O/c1-5(10-6(2)11)8-3-7(8)4-9/h5,7-8H,3H2,1-2H3,(H,10,11). The lowest BCUT2D eigenvalue weighted by atomic mass is 10.2. The Bertz CT molecular complexity index is 207. The molecular weight excluding hydrogens is 140 g/mol. The van der Waals surface area contributed by atoms with E-state index in [1.807, 2.05) is 6.92 Å². The molecular formula is C8H12N2O. The molecule has 0 aliphatic heterocycles. The van der Waals surface area contributed by atoms with Crippen molar-refractivity contribution in [1.82, 2.24) is 5.32 Å². The third-order valence-electron chi connectivity index (χ3n) is 2.08. The molecule has 3 nitrogen and oxygen atoms in total. The van der Waals surface area contributed by atoms with Gasteiger partial charge in [-0.05, 0) is 19.3 Å². The van der Waals surface area contributed by atoms with E-state index in [0.717, 1.165) is 6.42 Å². The Morgan fingerprint density at radius 3 is 2.82 bits per heavy atom. The van der Waals surface area contributed by atoms with Gasteiger partial charge in [-0.2, -0.15) is 5.26 Å². The second kappa shape index (κ2) is 2.91. The van der Waals surface area contributed by atoms with E-state index in [1.54, 1.807) is 0 Å². The molecule has 1 N–H and O–H groups in total. The van der Waals surface area contributed by atoms with Gasteiger partial charge in [0.2, 0.25) is 5.91 Å². The van der Waals surface area contributed by atoms with Gasteiger partial charge in [0.25, 0.3) is 0 Å². The summed E-state index contributed by atoms with van der Waals surface area (Å²) in [6.07, 6.45) is 0.942. The fraction of sp³-hybridized carbons (Fsp3) is 0.750. The monoisotopic (exact) mass is 152 g/mol. The minimum absolute atomic E-state index is 0.0129. The second-order valence-electron chi connectivity index (χ2n) is 3.12. The zero-order valence-corrected chi connectivity index (χ0v) is 6.79. The lowest BCUT2D eigenvalue weighted by Crippen LogP contribution is -2.32. The quantitative estimate of drug-likeness (QED) is 0.632. The van der Waals surface area contributed by atoms with Crippen molar-refractivity contribution in [2.75, 3.05) is 0 Å². The molecule has 0 heterocycles. The van der Waals surface area contributed by atoms with Crippen molar-refractivity contribution in [1.29, 1.82) is 5.26 Å². The minimum Gasteiger partial charge on any atom is -0.354 e. The molecule has 0 bridgehead atoms. The van der Waals surface area contributed by atoms with Gasteiger partial charge in [0, 0.05) is 13.0 Å². The first-order valence-electron chi connectivity index (χ1n) is 3.82. The van der Waals surface area contributed by atoms with Crippen molar-refractivity contribution in [3.8, 4) is 6.07 Å². The zero-order chi connectivity index (χ0) is 8.43. The number of nitrogens with zero attached hydrogens (tertiary/aromatic N) is 1. The highest BCUT2D eigenvalue weighted by molar-refractivity contribution is 5.73. The molecule has 1 saturated carbocycles. The molecule has 1 fully saturated rings. The number of carbonyl (C=O) groups is 1. The van der Waals surface area contributed by atoms with E-state index in [1.165, 1.54) is 6.92 Å². The molecule has 3 atom stereocenters. The van der Waals surface area contributed by atoms with Crippen molar-refractivity contribution >= 4 is 5.91 Å². The maximum Gasteiger partial charge on any atom is 0.217 e. The highest BCUT2D eigenvalue weighted by Crippen LogP contribution is 2.40. The highest BCUT2D eigenvalue weighted by Gasteiger charge is 2.41. The molecule has 0 aromatic carbocycles. The number of hydrogen-bond acceptors (Lipinski definition) is 2. The molecule has 0 saturated heterocycles. The highest BCUT2D eigenvalue weighted by atomic mass is 16.1. The smallest absolute Gasteiger partial charge is 0.217 e. The molecule has 1 aliphatic carbocycles. The van der Waals surface area contributed by atoms with E-state index < -0.39 is 0 Å². The van der Waals surface area contributed by atoms with Crippen molar-refractivity contribution < 1.29 is 4.79 Å². The molecule has 0 aromatic heterocycles. The maximum absolute atomic E-state index is 10.6. The van der Waals surface area contributed by atoms with E-state index in [-0.39, 0.29) is 17.9 Å². The number of hydrogen-bond donors (Lipinski definition) is 1. The van der Waals surface area contributed by atoms with E-state index >= 15 is 0 Å². The normalized spacial score (nSPS) is 30.3. The molecule has 1 aliphatic rings. The van der Waals surface area contributed by atoms with Crippen LogP contribution < -0.4 is 5.32 Å². The van der Waals surface area contributed by atoms with Crippen LogP contribution in [-0.4, -0.2) is 11.9 Å². The van der Waals surface area contributed by atoms with Crippen LogP contribution in [0, 0.1) is 23.2 Å². The van der Waals surface area contributed by atoms with E-state index in [2.05, 4.69) is 11.4 Å². The van der Waals surface area contributed by atoms with Gasteiger partial charge in [-0.25, -0.2) is 0 Å². The Balaban J connectivity index is 2.29. The van der Waals surface area contributed by atoms with Crippen molar-refractivity contribution in [3.63, 3.8) is 0 Å². The molecule has 11 heavy (non-hydrogen) atoms. The van der Waals surface area contributed by atoms with Crippen molar-refractivity contribution in [2.45, 2.75) is 26.3 Å². The van der Waals surface area contributed by atoms with Crippen molar-refractivity contribution in [2.24, 2.45) is 11.8 Å². The third kappa shape index (κ3) is 1.94. The van der Waals surface area contributed by atoms with Crippen LogP contribution in [0.25, 0.3) is 0 Å². The number of rotatable bonds is 2. The summed E-state index contributed by atoms with van der Waals surface area (Å²) in [5.41, 5.74) is 0. The Morgan fingerprint density at radius 1 is 1.82 bits per heavy atom. The number of amides is 1. The van der Waals surface area contributed by atoms with Crippen LogP contribution in [0.3, 0.4) is 0 Å². The SMILES string of the molecule is CC(=O)NC(C)C1CC1C#N. The van der Waals surface area contributed by atoms with Gasteiger partial charge in [-0.3, -0.25) is 4.79 Å². The summed E-state index contributed by atoms with van der Waals surface area (Å²) in [6, 6.07) is 2.36. The maximum atomic E-state index is 10.6. The van der Waals surface area contributed by atoms with Gasteiger partial charge >= 0.3 is 0 Å². The Morgan fingerprint density at radius 2 is 2.45 bits per heavy atom. The van der Waals surface area contributed by atoms with Gasteiger partial charge in [-0.15, -0.1) is 0 Å². The molecule has 1 amide bonds. The minimum atomic E-state index is -0.0129. The summed E-state index contributed by atoms with van der Waals surface area (Å²) >= 11 is 0. The van der Waals surface area contributed by atoms with Gasteiger partial charge < -0.3 is 5.32 Å². The van der Waals surface area contributed by atoms with Crippen LogP contribution >= 0.6 is 0 Å². The summed E-state index contributed by atoms with van der Waals surface area (Å²) in [4.78, 5) is 10.6. The molecule has 0 aromatic rings. The number of carbonyl (C=O) groups excluding carboxylic acids is 1. The van der Waals surface area contributed by atoms with Crippen LogP contribution in [-0.2, 0) is 4.79 Å². The van der Waals surface area contributed by atoms with Gasteiger partial charge in [0.1, 0.15) is 0 Å². The first-order chi connectivity index (χ1) is 5.15. The Labute approximate surface area is 66.4 Å². The summed E-state index contributed by atoms with van der Waals surface area (Å²) in [7, 11) is 0. The first-order valence-corrected chi connectivity index (χ1v) is 3.82. The van der Waals surface area contributed by atoms with Crippen LogP contribution in [0.5, 0.6) is 0 Å². The molecule has 3 unspecified atom stereocenters. The van der Waals surface area contributed by atoms with Crippen molar-refractivity contribution in [3.05, 3.63) is 0 Å². The lowest BCUT2D eigenvalue weighted by molar-refractivity contribution is -0.119. The topological polar surface area (TPSA) is 52.9 Å². The largest absolute Gasteiger partial charge is 0.354 e. The molecule has 0 spiro atoms. The van der Waals surface area contributed by atoms with Crippen LogP contribution in [0.1, 0.15) is 20.3 Å². The van der Waals surface area contributed by atoms with Gasteiger partial charge in [0.05, 0.1) is 12.0 Å². The fourth-order valence-electron chi connectivity index (χ4n) is 1.34. The molecule has 60 valence electrons. The molecule has 0 radical (unpaired) electrons. The molecule has 1 rings (SSSR count). The summed E-state index contributed by atoms with van der Waals surface area (Å²) < 4.78 is 0. The lowest BCUT2D eigenvalue weighted by Gasteiger charge is -2.09. The number of nitriles is 1. The van der Waals surface area contributed by atoms with Crippen LogP contribution in [0.2, 0.25) is 0 Å². The number of nitrogens with one attached hydrogen (secondary N) is 1. The zero-order valence-electron chi connectivity index (χ0n) is 6.79. The average molecular weight is 152 g/mol. The Kier molecular flexibility index (Phi) is 2.13. The first kappa shape index (κ1) is 8.06. The van der Waals surface area contributed by atoms with Crippen LogP contribution in [0.4, 0.5) is 0 Å². The second-order valence-corrected chi connectivity index (χ2v) is 3.12. The van der Waals surface area contributed by atoms with Crippen LogP contribution in [0.15, 0.2) is 0 Å². The van der Waals surface area contributed by atoms with E-state index in [4.69, 9.17) is 5.26 Å². The summed E-state index contributed by atoms with van der Waals surface area (Å²) in [6.45, 7) is 3.45. The van der Waals surface area contributed by atoms with E-state index in [0.29, 0.717) is 5.92 Å². The van der Waals surface area contributed by atoms with E-state index in [9.17, 15) is 4.79 Å². The summed E-state index contributed by atoms with van der Waals surface area (Å²) in [5, 5.41) is 11.3. The summed E-state index contributed by atoms with van der Waals surface area (Å²) in [5.74, 6) is 0.557. The molecule has 3 heteroatoms. The predicted molar refractivity (Wildman–Crippen MR) is 40.5 cm³/mol. The Hall–Kier alpha value is -1.04. The predicted octanol–water partition coefficient (Wildman–Crippen LogP) is 0.671. The van der Waals surface area contributed by atoms with Gasteiger partial charge in [-0.1, -0.05) is 0 Å². The average Bonchev–Trinajstić information content (AvgIpc) is 2.63.